The summed E-state index contributed by atoms with van der Waals surface area (Å²) in [5, 5.41) is 0. The molecule has 0 N–H and O–H groups in total. The molecule has 1 fully saturated rings. The Balaban J connectivity index is 1.66. The first-order valence-electron chi connectivity index (χ1n) is 6.11. The number of rotatable bonds is 5. The summed E-state index contributed by atoms with van der Waals surface area (Å²) in [6.45, 7) is 0.350. The van der Waals surface area contributed by atoms with Crippen LogP contribution in [0.15, 0.2) is 30.3 Å². The molecule has 2 rings (SSSR count). The SMILES string of the molecule is O=C(OCCO[C@H]1CCS(=O)(=O)C1)c1ccccc1. The van der Waals surface area contributed by atoms with Gasteiger partial charge in [-0.2, -0.15) is 0 Å². The van der Waals surface area contributed by atoms with E-state index in [0.717, 1.165) is 0 Å². The molecule has 1 aromatic carbocycles. The Morgan fingerprint density at radius 1 is 1.21 bits per heavy atom. The topological polar surface area (TPSA) is 69.7 Å². The van der Waals surface area contributed by atoms with Crippen molar-refractivity contribution >= 4 is 15.8 Å². The van der Waals surface area contributed by atoms with Gasteiger partial charge in [0, 0.05) is 0 Å². The maximum absolute atomic E-state index is 11.6. The van der Waals surface area contributed by atoms with E-state index in [1.54, 1.807) is 24.3 Å². The van der Waals surface area contributed by atoms with Gasteiger partial charge in [0.15, 0.2) is 9.84 Å². The highest BCUT2D eigenvalue weighted by atomic mass is 32.2. The molecule has 0 aliphatic carbocycles. The number of carbonyl (C=O) groups excluding carboxylic acids is 1. The molecule has 6 heteroatoms. The monoisotopic (exact) mass is 284 g/mol. The van der Waals surface area contributed by atoms with Gasteiger partial charge >= 0.3 is 5.97 Å². The third kappa shape index (κ3) is 4.33. The minimum absolute atomic E-state index is 0.0691. The Hall–Kier alpha value is -1.40. The lowest BCUT2D eigenvalue weighted by Gasteiger charge is -2.10. The minimum Gasteiger partial charge on any atom is -0.460 e. The summed E-state index contributed by atoms with van der Waals surface area (Å²) >= 11 is 0. The Bertz CT molecular complexity index is 523. The highest BCUT2D eigenvalue weighted by Crippen LogP contribution is 2.14. The summed E-state index contributed by atoms with van der Waals surface area (Å²) in [7, 11) is -2.92. The molecule has 0 aromatic heterocycles. The van der Waals surface area contributed by atoms with Crippen LogP contribution in [0.5, 0.6) is 0 Å². The van der Waals surface area contributed by atoms with E-state index in [4.69, 9.17) is 9.47 Å². The highest BCUT2D eigenvalue weighted by molar-refractivity contribution is 7.91. The molecule has 0 radical (unpaired) electrons. The molecule has 19 heavy (non-hydrogen) atoms. The van der Waals surface area contributed by atoms with E-state index >= 15 is 0 Å². The number of hydrogen-bond donors (Lipinski definition) is 0. The molecule has 0 spiro atoms. The Morgan fingerprint density at radius 3 is 2.58 bits per heavy atom. The van der Waals surface area contributed by atoms with Gasteiger partial charge in [-0.3, -0.25) is 0 Å². The maximum atomic E-state index is 11.6. The average molecular weight is 284 g/mol. The van der Waals surface area contributed by atoms with Crippen LogP contribution in [0.3, 0.4) is 0 Å². The fourth-order valence-corrected chi connectivity index (χ4v) is 3.52. The summed E-state index contributed by atoms with van der Waals surface area (Å²) in [5.74, 6) is -0.149. The zero-order valence-corrected chi connectivity index (χ0v) is 11.3. The van der Waals surface area contributed by atoms with Crippen LogP contribution < -0.4 is 0 Å². The van der Waals surface area contributed by atoms with Crippen molar-refractivity contribution in [2.45, 2.75) is 12.5 Å². The second kappa shape index (κ2) is 6.16. The van der Waals surface area contributed by atoms with Crippen molar-refractivity contribution in [3.63, 3.8) is 0 Å². The first kappa shape index (κ1) is 14.0. The van der Waals surface area contributed by atoms with Gasteiger partial charge in [-0.25, -0.2) is 13.2 Å². The van der Waals surface area contributed by atoms with Gasteiger partial charge in [-0.05, 0) is 18.6 Å². The van der Waals surface area contributed by atoms with Crippen LogP contribution in [0.25, 0.3) is 0 Å². The van der Waals surface area contributed by atoms with E-state index in [0.29, 0.717) is 12.0 Å². The summed E-state index contributed by atoms with van der Waals surface area (Å²) in [6.07, 6.45) is 0.259. The van der Waals surface area contributed by atoms with Crippen molar-refractivity contribution in [2.75, 3.05) is 24.7 Å². The predicted octanol–water partition coefficient (Wildman–Crippen LogP) is 1.05. The van der Waals surface area contributed by atoms with Gasteiger partial charge in [0.2, 0.25) is 0 Å². The minimum atomic E-state index is -2.92. The van der Waals surface area contributed by atoms with Crippen LogP contribution in [0.2, 0.25) is 0 Å². The first-order valence-corrected chi connectivity index (χ1v) is 7.93. The average Bonchev–Trinajstić information content (AvgIpc) is 2.75. The van der Waals surface area contributed by atoms with E-state index in [1.165, 1.54) is 0 Å². The van der Waals surface area contributed by atoms with Gasteiger partial charge in [0.25, 0.3) is 0 Å². The number of carbonyl (C=O) groups is 1. The van der Waals surface area contributed by atoms with Gasteiger partial charge in [0.1, 0.15) is 6.61 Å². The summed E-state index contributed by atoms with van der Waals surface area (Å²) in [6, 6.07) is 8.69. The van der Waals surface area contributed by atoms with E-state index in [1.807, 2.05) is 6.07 Å². The summed E-state index contributed by atoms with van der Waals surface area (Å²) in [4.78, 5) is 11.6. The fraction of sp³-hybridized carbons (Fsp3) is 0.462. The third-order valence-corrected chi connectivity index (χ3v) is 4.61. The van der Waals surface area contributed by atoms with Crippen molar-refractivity contribution < 1.29 is 22.7 Å². The normalized spacial score (nSPS) is 21.2. The molecule has 5 nitrogen and oxygen atoms in total. The van der Waals surface area contributed by atoms with Crippen molar-refractivity contribution in [3.05, 3.63) is 35.9 Å². The van der Waals surface area contributed by atoms with Crippen LogP contribution in [0.1, 0.15) is 16.8 Å². The lowest BCUT2D eigenvalue weighted by Crippen LogP contribution is -2.18. The Labute approximate surface area is 112 Å². The number of benzene rings is 1. The van der Waals surface area contributed by atoms with E-state index < -0.39 is 15.8 Å². The van der Waals surface area contributed by atoms with Crippen molar-refractivity contribution in [3.8, 4) is 0 Å². The van der Waals surface area contributed by atoms with E-state index in [9.17, 15) is 13.2 Å². The second-order valence-corrected chi connectivity index (χ2v) is 6.63. The van der Waals surface area contributed by atoms with Gasteiger partial charge in [0.05, 0.1) is 29.8 Å². The van der Waals surface area contributed by atoms with Crippen LogP contribution in [0, 0.1) is 0 Å². The van der Waals surface area contributed by atoms with Crippen LogP contribution in [-0.4, -0.2) is 45.2 Å². The van der Waals surface area contributed by atoms with Crippen LogP contribution in [-0.2, 0) is 19.3 Å². The molecule has 104 valence electrons. The van der Waals surface area contributed by atoms with E-state index in [-0.39, 0.29) is 30.8 Å². The molecule has 1 aliphatic rings. The molecular formula is C13H16O5S. The van der Waals surface area contributed by atoms with Crippen LogP contribution in [0.4, 0.5) is 0 Å². The van der Waals surface area contributed by atoms with Crippen molar-refractivity contribution in [1.82, 2.24) is 0 Å². The Kier molecular flexibility index (Phi) is 4.55. The summed E-state index contributed by atoms with van der Waals surface area (Å²) < 4.78 is 32.8. The van der Waals surface area contributed by atoms with E-state index in [2.05, 4.69) is 0 Å². The zero-order chi connectivity index (χ0) is 13.7. The standard InChI is InChI=1S/C13H16O5S/c14-13(11-4-2-1-3-5-11)18-8-7-17-12-6-9-19(15,16)10-12/h1-5,12H,6-10H2/t12-/m0/s1. The highest BCUT2D eigenvalue weighted by Gasteiger charge is 2.28. The molecule has 1 atom stereocenters. The molecule has 1 aliphatic heterocycles. The quantitative estimate of drug-likeness (QED) is 0.597. The number of ether oxygens (including phenoxy) is 2. The third-order valence-electron chi connectivity index (χ3n) is 2.87. The molecule has 0 unspecified atom stereocenters. The van der Waals surface area contributed by atoms with Crippen molar-refractivity contribution in [2.24, 2.45) is 0 Å². The molecule has 1 aromatic rings. The lowest BCUT2D eigenvalue weighted by atomic mass is 10.2. The van der Waals surface area contributed by atoms with Gasteiger partial charge in [-0.1, -0.05) is 18.2 Å². The number of hydrogen-bond acceptors (Lipinski definition) is 5. The molecule has 0 bridgehead atoms. The van der Waals surface area contributed by atoms with Crippen LogP contribution >= 0.6 is 0 Å². The maximum Gasteiger partial charge on any atom is 0.338 e. The van der Waals surface area contributed by atoms with Gasteiger partial charge in [-0.15, -0.1) is 0 Å². The second-order valence-electron chi connectivity index (χ2n) is 4.40. The molecule has 0 saturated carbocycles. The molecule has 0 amide bonds. The molecular weight excluding hydrogens is 268 g/mol. The van der Waals surface area contributed by atoms with Gasteiger partial charge < -0.3 is 9.47 Å². The molecule has 1 saturated heterocycles. The zero-order valence-electron chi connectivity index (χ0n) is 10.4. The van der Waals surface area contributed by atoms with Crippen molar-refractivity contribution in [1.29, 1.82) is 0 Å². The number of esters is 1. The largest absolute Gasteiger partial charge is 0.460 e. The lowest BCUT2D eigenvalue weighted by molar-refractivity contribution is 0.0150. The first-order chi connectivity index (χ1) is 9.07. The number of sulfone groups is 1. The molecule has 1 heterocycles. The predicted molar refractivity (Wildman–Crippen MR) is 69.7 cm³/mol. The summed E-state index contributed by atoms with van der Waals surface area (Å²) in [5.41, 5.74) is 0.492. The smallest absolute Gasteiger partial charge is 0.338 e. The Morgan fingerprint density at radius 2 is 1.95 bits per heavy atom. The fourth-order valence-electron chi connectivity index (χ4n) is 1.90.